The molecule has 25 heavy (non-hydrogen) atoms. The Morgan fingerprint density at radius 3 is 2.68 bits per heavy atom. The Balaban J connectivity index is 1.79. The van der Waals surface area contributed by atoms with Crippen LogP contribution in [-0.2, 0) is 4.79 Å². The van der Waals surface area contributed by atoms with Gasteiger partial charge >= 0.3 is 0 Å². The van der Waals surface area contributed by atoms with Gasteiger partial charge in [0, 0.05) is 19.4 Å². The first-order chi connectivity index (χ1) is 12.1. The van der Waals surface area contributed by atoms with E-state index in [1.165, 1.54) is 5.56 Å². The summed E-state index contributed by atoms with van der Waals surface area (Å²) >= 11 is 0. The smallest absolute Gasteiger partial charge is 0.267 e. The molecule has 136 valence electrons. The number of nitrogens with zero attached hydrogens (tertiary/aromatic N) is 1. The van der Waals surface area contributed by atoms with Gasteiger partial charge in [-0.15, -0.1) is 0 Å². The van der Waals surface area contributed by atoms with Crippen molar-refractivity contribution < 1.29 is 9.53 Å². The van der Waals surface area contributed by atoms with Gasteiger partial charge in [0.05, 0.1) is 6.04 Å². The monoisotopic (exact) mass is 342 g/mol. The number of nitrogens with one attached hydrogen (secondary N) is 1. The van der Waals surface area contributed by atoms with E-state index < -0.39 is 5.60 Å². The van der Waals surface area contributed by atoms with Gasteiger partial charge in [-0.2, -0.15) is 0 Å². The third-order valence-corrected chi connectivity index (χ3v) is 5.31. The molecule has 1 atom stereocenters. The van der Waals surface area contributed by atoms with Gasteiger partial charge in [0.2, 0.25) is 0 Å². The van der Waals surface area contributed by atoms with Crippen molar-refractivity contribution in [2.24, 2.45) is 0 Å². The van der Waals surface area contributed by atoms with Crippen molar-refractivity contribution in [1.82, 2.24) is 10.2 Å². The normalized spacial score (nSPS) is 22.2. The first-order valence-corrected chi connectivity index (χ1v) is 9.59. The number of carbonyl (C=O) groups excluding carboxylic acids is 1. The van der Waals surface area contributed by atoms with Crippen LogP contribution in [0.25, 0.3) is 0 Å². The van der Waals surface area contributed by atoms with Crippen molar-refractivity contribution in [2.75, 3.05) is 19.6 Å². The van der Waals surface area contributed by atoms with Gasteiger partial charge in [-0.1, -0.05) is 49.6 Å². The summed E-state index contributed by atoms with van der Waals surface area (Å²) in [7, 11) is 0. The van der Waals surface area contributed by atoms with Crippen LogP contribution in [0.1, 0.15) is 44.6 Å². The third kappa shape index (κ3) is 4.06. The fraction of sp³-hybridized carbons (Fsp3) is 0.571. The fourth-order valence-electron chi connectivity index (χ4n) is 3.75. The second-order valence-electron chi connectivity index (χ2n) is 7.25. The molecular weight excluding hydrogens is 312 g/mol. The van der Waals surface area contributed by atoms with Gasteiger partial charge in [0.25, 0.3) is 5.91 Å². The highest BCUT2D eigenvalue weighted by atomic mass is 16.5. The van der Waals surface area contributed by atoms with Crippen molar-refractivity contribution in [3.05, 3.63) is 42.0 Å². The van der Waals surface area contributed by atoms with Gasteiger partial charge in [0.15, 0.2) is 5.60 Å². The zero-order valence-electron chi connectivity index (χ0n) is 15.5. The van der Waals surface area contributed by atoms with Gasteiger partial charge in [-0.3, -0.25) is 4.79 Å². The minimum Gasteiger partial charge on any atom is -0.477 e. The summed E-state index contributed by atoms with van der Waals surface area (Å²) in [5.74, 6) is 0.943. The van der Waals surface area contributed by atoms with Crippen LogP contribution in [0.15, 0.2) is 36.4 Å². The number of hydrogen-bond acceptors (Lipinski definition) is 3. The topological polar surface area (TPSA) is 41.6 Å². The van der Waals surface area contributed by atoms with Crippen LogP contribution in [0.5, 0.6) is 5.75 Å². The standard InChI is InChI=1S/C21H30N2O2/c1-3-4-6-18-7-5-16-23(18)20(24)21(12-14-22-15-13-21)25-19-10-8-17(2)9-11-19/h5,7-11,18,22H,3-4,6,12-16H2,1-2H3/t18-/m1/s1. The zero-order valence-corrected chi connectivity index (χ0v) is 15.5. The Kier molecular flexibility index (Phi) is 5.79. The fourth-order valence-corrected chi connectivity index (χ4v) is 3.75. The summed E-state index contributed by atoms with van der Waals surface area (Å²) in [5, 5.41) is 3.36. The number of amides is 1. The number of benzene rings is 1. The van der Waals surface area contributed by atoms with Crippen LogP contribution in [-0.4, -0.2) is 42.1 Å². The van der Waals surface area contributed by atoms with E-state index in [1.807, 2.05) is 29.2 Å². The van der Waals surface area contributed by atoms with E-state index in [0.29, 0.717) is 6.54 Å². The van der Waals surface area contributed by atoms with E-state index >= 15 is 0 Å². The summed E-state index contributed by atoms with van der Waals surface area (Å²) in [4.78, 5) is 15.5. The Bertz CT molecular complexity index is 603. The molecule has 0 bridgehead atoms. The summed E-state index contributed by atoms with van der Waals surface area (Å²) < 4.78 is 6.37. The Morgan fingerprint density at radius 2 is 2.00 bits per heavy atom. The molecule has 1 N–H and O–H groups in total. The van der Waals surface area contributed by atoms with Crippen molar-refractivity contribution in [1.29, 1.82) is 0 Å². The highest BCUT2D eigenvalue weighted by Crippen LogP contribution is 2.31. The Morgan fingerprint density at radius 1 is 1.28 bits per heavy atom. The predicted octanol–water partition coefficient (Wildman–Crippen LogP) is 3.45. The molecule has 2 aliphatic rings. The second-order valence-corrected chi connectivity index (χ2v) is 7.25. The number of rotatable bonds is 6. The number of piperidine rings is 1. The first kappa shape index (κ1) is 18.0. The minimum absolute atomic E-state index is 0.153. The molecule has 1 amide bonds. The minimum atomic E-state index is -0.739. The molecule has 3 rings (SSSR count). The lowest BCUT2D eigenvalue weighted by Gasteiger charge is -2.40. The molecule has 4 nitrogen and oxygen atoms in total. The summed E-state index contributed by atoms with van der Waals surface area (Å²) in [5.41, 5.74) is 0.457. The van der Waals surface area contributed by atoms with Crippen LogP contribution in [0.4, 0.5) is 0 Å². The molecular formula is C21H30N2O2. The highest BCUT2D eigenvalue weighted by molar-refractivity contribution is 5.87. The quantitative estimate of drug-likeness (QED) is 0.805. The van der Waals surface area contributed by atoms with Crippen molar-refractivity contribution in [3.63, 3.8) is 0 Å². The average Bonchev–Trinajstić information content (AvgIpc) is 3.10. The summed E-state index contributed by atoms with van der Waals surface area (Å²) in [6.07, 6.45) is 9.09. The molecule has 0 unspecified atom stereocenters. The largest absolute Gasteiger partial charge is 0.477 e. The maximum Gasteiger partial charge on any atom is 0.267 e. The molecule has 1 aromatic carbocycles. The van der Waals surface area contributed by atoms with Crippen molar-refractivity contribution in [3.8, 4) is 5.75 Å². The lowest BCUT2D eigenvalue weighted by atomic mass is 9.89. The molecule has 0 aromatic heterocycles. The van der Waals surface area contributed by atoms with Gasteiger partial charge < -0.3 is 15.0 Å². The van der Waals surface area contributed by atoms with Crippen molar-refractivity contribution in [2.45, 2.75) is 57.6 Å². The Labute approximate surface area is 151 Å². The van der Waals surface area contributed by atoms with Crippen LogP contribution in [0.2, 0.25) is 0 Å². The van der Waals surface area contributed by atoms with Crippen LogP contribution >= 0.6 is 0 Å². The number of ether oxygens (including phenoxy) is 1. The van der Waals surface area contributed by atoms with E-state index in [9.17, 15) is 4.79 Å². The van der Waals surface area contributed by atoms with Crippen LogP contribution in [0, 0.1) is 6.92 Å². The molecule has 1 aromatic rings. The maximum atomic E-state index is 13.5. The zero-order chi connectivity index (χ0) is 17.7. The molecule has 1 saturated heterocycles. The molecule has 0 aliphatic carbocycles. The van der Waals surface area contributed by atoms with Crippen molar-refractivity contribution >= 4 is 5.91 Å². The van der Waals surface area contributed by atoms with Gasteiger partial charge in [0.1, 0.15) is 5.75 Å². The molecule has 2 heterocycles. The summed E-state index contributed by atoms with van der Waals surface area (Å²) in [6, 6.07) is 8.25. The SMILES string of the molecule is CCCC[C@@H]1C=CCN1C(=O)C1(Oc2ccc(C)cc2)CCNCC1. The number of unbranched alkanes of at least 4 members (excludes halogenated alkanes) is 1. The van der Waals surface area contributed by atoms with E-state index in [1.54, 1.807) is 0 Å². The van der Waals surface area contributed by atoms with Crippen LogP contribution < -0.4 is 10.1 Å². The molecule has 0 spiro atoms. The lowest BCUT2D eigenvalue weighted by molar-refractivity contribution is -0.151. The number of carbonyl (C=O) groups is 1. The van der Waals surface area contributed by atoms with E-state index in [-0.39, 0.29) is 11.9 Å². The number of hydrogen-bond donors (Lipinski definition) is 1. The molecule has 2 aliphatic heterocycles. The Hall–Kier alpha value is -1.81. The van der Waals surface area contributed by atoms with Crippen LogP contribution in [0.3, 0.4) is 0 Å². The third-order valence-electron chi connectivity index (χ3n) is 5.31. The molecule has 1 fully saturated rings. The lowest BCUT2D eigenvalue weighted by Crippen LogP contribution is -2.58. The van der Waals surface area contributed by atoms with E-state index in [2.05, 4.69) is 31.3 Å². The van der Waals surface area contributed by atoms with Gasteiger partial charge in [-0.25, -0.2) is 0 Å². The second kappa shape index (κ2) is 8.05. The van der Waals surface area contributed by atoms with Gasteiger partial charge in [-0.05, 0) is 38.6 Å². The average molecular weight is 342 g/mol. The predicted molar refractivity (Wildman–Crippen MR) is 101 cm³/mol. The molecule has 4 heteroatoms. The maximum absolute atomic E-state index is 13.5. The van der Waals surface area contributed by atoms with E-state index in [0.717, 1.165) is 50.9 Å². The summed E-state index contributed by atoms with van der Waals surface area (Å²) in [6.45, 7) is 6.60. The number of aryl methyl sites for hydroxylation is 1. The molecule has 0 radical (unpaired) electrons. The van der Waals surface area contributed by atoms with E-state index in [4.69, 9.17) is 4.74 Å². The molecule has 0 saturated carbocycles. The highest BCUT2D eigenvalue weighted by Gasteiger charge is 2.46. The first-order valence-electron chi connectivity index (χ1n) is 9.59.